The lowest BCUT2D eigenvalue weighted by molar-refractivity contribution is 0.0527. The monoisotopic (exact) mass is 250 g/mol. The van der Waals surface area contributed by atoms with Crippen molar-refractivity contribution in [2.75, 3.05) is 13.1 Å². The smallest absolute Gasteiger partial charge is 0.407 e. The Labute approximate surface area is 103 Å². The van der Waals surface area contributed by atoms with Crippen LogP contribution in [0.3, 0.4) is 0 Å². The zero-order chi connectivity index (χ0) is 12.4. The number of amides is 1. The Balaban J connectivity index is 3.28. The third kappa shape index (κ3) is 11.6. The second-order valence-corrected chi connectivity index (χ2v) is 4.99. The van der Waals surface area contributed by atoms with E-state index in [1.54, 1.807) is 0 Å². The number of rotatable bonds is 7. The highest BCUT2D eigenvalue weighted by Gasteiger charge is 2.15. The van der Waals surface area contributed by atoms with E-state index in [0.717, 1.165) is 32.2 Å². The molecule has 0 bridgehead atoms. The van der Waals surface area contributed by atoms with Crippen LogP contribution >= 0.6 is 11.8 Å². The molecule has 0 fully saturated rings. The Kier molecular flexibility index (Phi) is 8.39. The summed E-state index contributed by atoms with van der Waals surface area (Å²) >= 11 is 5.32. The summed E-state index contributed by atoms with van der Waals surface area (Å²) in [7, 11) is 0. The number of ether oxygens (including phenoxy) is 1. The second-order valence-electron chi connectivity index (χ2n) is 4.73. The topological polar surface area (TPSA) is 50.4 Å². The van der Waals surface area contributed by atoms with Gasteiger partial charge in [0, 0.05) is 13.1 Å². The minimum atomic E-state index is -0.421. The molecule has 4 nitrogen and oxygen atoms in total. The number of halogens is 1. The van der Waals surface area contributed by atoms with E-state index in [-0.39, 0.29) is 6.09 Å². The molecule has 0 saturated heterocycles. The van der Waals surface area contributed by atoms with Crippen LogP contribution < -0.4 is 10.2 Å². The van der Waals surface area contributed by atoms with Gasteiger partial charge >= 0.3 is 6.09 Å². The molecule has 16 heavy (non-hydrogen) atoms. The van der Waals surface area contributed by atoms with Gasteiger partial charge in [-0.05, 0) is 45.4 Å². The van der Waals surface area contributed by atoms with E-state index in [0.29, 0.717) is 6.54 Å². The van der Waals surface area contributed by atoms with Gasteiger partial charge in [-0.25, -0.2) is 9.63 Å². The highest BCUT2D eigenvalue weighted by molar-refractivity contribution is 6.13. The summed E-state index contributed by atoms with van der Waals surface area (Å²) in [5.41, 5.74) is -0.421. The van der Waals surface area contributed by atoms with Gasteiger partial charge in [-0.15, -0.1) is 0 Å². The molecular formula is C11H23ClN2O2. The molecule has 0 heterocycles. The van der Waals surface area contributed by atoms with Crippen molar-refractivity contribution in [3.05, 3.63) is 0 Å². The highest BCUT2D eigenvalue weighted by Crippen LogP contribution is 2.06. The van der Waals surface area contributed by atoms with E-state index in [2.05, 4.69) is 10.2 Å². The largest absolute Gasteiger partial charge is 0.444 e. The van der Waals surface area contributed by atoms with Gasteiger partial charge in [-0.1, -0.05) is 12.8 Å². The summed E-state index contributed by atoms with van der Waals surface area (Å²) in [4.78, 5) is 13.8. The third-order valence-electron chi connectivity index (χ3n) is 1.87. The molecule has 1 amide bonds. The van der Waals surface area contributed by atoms with Crippen molar-refractivity contribution in [3.8, 4) is 0 Å². The van der Waals surface area contributed by atoms with Crippen molar-refractivity contribution < 1.29 is 9.53 Å². The van der Waals surface area contributed by atoms with Crippen LogP contribution in [0.5, 0.6) is 0 Å². The molecule has 96 valence electrons. The SMILES string of the molecule is CC(C)(C)OC(=O)NCCCCCCNCl. The van der Waals surface area contributed by atoms with Crippen LogP contribution in [-0.4, -0.2) is 24.8 Å². The van der Waals surface area contributed by atoms with Crippen LogP contribution in [0.15, 0.2) is 0 Å². The molecule has 0 aromatic carbocycles. The molecule has 5 heteroatoms. The number of nitrogens with one attached hydrogen (secondary N) is 2. The second kappa shape index (κ2) is 8.65. The molecule has 0 aliphatic heterocycles. The lowest BCUT2D eigenvalue weighted by Crippen LogP contribution is -2.32. The van der Waals surface area contributed by atoms with E-state index in [4.69, 9.17) is 16.5 Å². The first-order valence-electron chi connectivity index (χ1n) is 5.76. The van der Waals surface area contributed by atoms with Crippen molar-refractivity contribution >= 4 is 17.9 Å². The average molecular weight is 251 g/mol. The summed E-state index contributed by atoms with van der Waals surface area (Å²) in [6, 6.07) is 0. The van der Waals surface area contributed by atoms with Gasteiger partial charge in [0.15, 0.2) is 0 Å². The van der Waals surface area contributed by atoms with E-state index < -0.39 is 5.60 Å². The average Bonchev–Trinajstić information content (AvgIpc) is 2.13. The van der Waals surface area contributed by atoms with Gasteiger partial charge in [-0.3, -0.25) is 0 Å². The number of hydrogen-bond donors (Lipinski definition) is 2. The zero-order valence-electron chi connectivity index (χ0n) is 10.4. The molecule has 0 rings (SSSR count). The molecule has 2 N–H and O–H groups in total. The molecular weight excluding hydrogens is 228 g/mol. The molecule has 0 unspecified atom stereocenters. The van der Waals surface area contributed by atoms with Crippen molar-refractivity contribution in [2.45, 2.75) is 52.1 Å². The van der Waals surface area contributed by atoms with Gasteiger partial charge in [0.05, 0.1) is 0 Å². The maximum Gasteiger partial charge on any atom is 0.407 e. The van der Waals surface area contributed by atoms with E-state index in [1.807, 2.05) is 20.8 Å². The number of unbranched alkanes of at least 4 members (excludes halogenated alkanes) is 3. The van der Waals surface area contributed by atoms with E-state index in [9.17, 15) is 4.79 Å². The number of carbonyl (C=O) groups is 1. The lowest BCUT2D eigenvalue weighted by atomic mass is 10.2. The summed E-state index contributed by atoms with van der Waals surface area (Å²) in [5, 5.41) is 2.73. The minimum Gasteiger partial charge on any atom is -0.444 e. The Bertz CT molecular complexity index is 193. The normalized spacial score (nSPS) is 11.2. The Morgan fingerprint density at radius 3 is 2.19 bits per heavy atom. The molecule has 0 atom stereocenters. The van der Waals surface area contributed by atoms with Gasteiger partial charge in [-0.2, -0.15) is 0 Å². The molecule has 0 radical (unpaired) electrons. The van der Waals surface area contributed by atoms with E-state index in [1.165, 1.54) is 0 Å². The van der Waals surface area contributed by atoms with Crippen molar-refractivity contribution in [2.24, 2.45) is 0 Å². The molecule has 0 aliphatic rings. The van der Waals surface area contributed by atoms with Crippen LogP contribution in [-0.2, 0) is 4.74 Å². The highest BCUT2D eigenvalue weighted by atomic mass is 35.5. The standard InChI is InChI=1S/C11H23ClN2O2/c1-11(2,3)16-10(15)13-8-6-4-5-7-9-14-12/h14H,4-9H2,1-3H3,(H,13,15). The molecule has 0 saturated carbocycles. The van der Waals surface area contributed by atoms with Gasteiger partial charge in [0.1, 0.15) is 5.60 Å². The summed E-state index contributed by atoms with van der Waals surface area (Å²) in [6.07, 6.45) is 3.91. The van der Waals surface area contributed by atoms with Crippen molar-refractivity contribution in [1.29, 1.82) is 0 Å². The maximum absolute atomic E-state index is 11.2. The first-order chi connectivity index (χ1) is 7.45. The zero-order valence-corrected chi connectivity index (χ0v) is 11.2. The quantitative estimate of drug-likeness (QED) is 0.540. The van der Waals surface area contributed by atoms with Gasteiger partial charge < -0.3 is 10.1 Å². The Hall–Kier alpha value is -0.480. The predicted octanol–water partition coefficient (Wildman–Crippen LogP) is 2.81. The van der Waals surface area contributed by atoms with Crippen LogP contribution in [0.2, 0.25) is 0 Å². The van der Waals surface area contributed by atoms with Crippen LogP contribution in [0.4, 0.5) is 4.79 Å². The van der Waals surface area contributed by atoms with Crippen molar-refractivity contribution in [3.63, 3.8) is 0 Å². The first kappa shape index (κ1) is 15.5. The van der Waals surface area contributed by atoms with E-state index >= 15 is 0 Å². The fraction of sp³-hybridized carbons (Fsp3) is 0.909. The summed E-state index contributed by atoms with van der Waals surface area (Å²) < 4.78 is 5.11. The summed E-state index contributed by atoms with van der Waals surface area (Å²) in [5.74, 6) is 0. The third-order valence-corrected chi connectivity index (χ3v) is 2.06. The molecule has 0 spiro atoms. The van der Waals surface area contributed by atoms with Gasteiger partial charge in [0.25, 0.3) is 0 Å². The Morgan fingerprint density at radius 1 is 1.12 bits per heavy atom. The van der Waals surface area contributed by atoms with Crippen LogP contribution in [0.25, 0.3) is 0 Å². The number of hydrogen-bond acceptors (Lipinski definition) is 3. The van der Waals surface area contributed by atoms with Crippen molar-refractivity contribution in [1.82, 2.24) is 10.2 Å². The molecule has 0 aromatic rings. The fourth-order valence-corrected chi connectivity index (χ4v) is 1.31. The first-order valence-corrected chi connectivity index (χ1v) is 6.14. The summed E-state index contributed by atoms with van der Waals surface area (Å²) in [6.45, 7) is 7.06. The molecule has 0 aromatic heterocycles. The Morgan fingerprint density at radius 2 is 1.69 bits per heavy atom. The number of alkyl carbamates (subject to hydrolysis) is 1. The predicted molar refractivity (Wildman–Crippen MR) is 66.6 cm³/mol. The van der Waals surface area contributed by atoms with Gasteiger partial charge in [0.2, 0.25) is 0 Å². The lowest BCUT2D eigenvalue weighted by Gasteiger charge is -2.19. The number of carbonyl (C=O) groups excluding carboxylic acids is 1. The minimum absolute atomic E-state index is 0.338. The maximum atomic E-state index is 11.2. The molecule has 0 aliphatic carbocycles. The fourth-order valence-electron chi connectivity index (χ4n) is 1.17. The van der Waals surface area contributed by atoms with Crippen LogP contribution in [0, 0.1) is 0 Å². The van der Waals surface area contributed by atoms with Crippen LogP contribution in [0.1, 0.15) is 46.5 Å².